The molecule has 1 unspecified atom stereocenters. The van der Waals surface area contributed by atoms with Crippen LogP contribution in [-0.4, -0.2) is 24.7 Å². The van der Waals surface area contributed by atoms with Crippen molar-refractivity contribution in [1.82, 2.24) is 0 Å². The summed E-state index contributed by atoms with van der Waals surface area (Å²) in [5, 5.41) is 11.8. The number of nitrogens with one attached hydrogen (secondary N) is 1. The van der Waals surface area contributed by atoms with Crippen LogP contribution in [0.25, 0.3) is 0 Å². The molecule has 1 amide bonds. The van der Waals surface area contributed by atoms with Gasteiger partial charge in [-0.15, -0.1) is 0 Å². The van der Waals surface area contributed by atoms with E-state index >= 15 is 0 Å². The molecule has 1 aromatic rings. The monoisotopic (exact) mass is 245 g/mol. The predicted molar refractivity (Wildman–Crippen MR) is 66.9 cm³/mol. The molecular formula is C13H15N3O2. The molecule has 0 bridgehead atoms. The molecule has 5 nitrogen and oxygen atoms in total. The lowest BCUT2D eigenvalue weighted by Crippen LogP contribution is -2.51. The maximum Gasteiger partial charge on any atom is 0.246 e. The van der Waals surface area contributed by atoms with E-state index < -0.39 is 5.54 Å². The first-order valence-corrected chi connectivity index (χ1v) is 5.74. The lowest BCUT2D eigenvalue weighted by Gasteiger charge is -2.21. The van der Waals surface area contributed by atoms with Crippen molar-refractivity contribution < 1.29 is 9.53 Å². The van der Waals surface area contributed by atoms with Crippen LogP contribution in [0.4, 0.5) is 5.69 Å². The summed E-state index contributed by atoms with van der Waals surface area (Å²) in [4.78, 5) is 12.1. The number of benzene rings is 1. The molecule has 2 rings (SSSR count). The number of rotatable bonds is 2. The van der Waals surface area contributed by atoms with Crippen molar-refractivity contribution in [3.8, 4) is 6.07 Å². The zero-order valence-corrected chi connectivity index (χ0v) is 10.2. The summed E-state index contributed by atoms with van der Waals surface area (Å²) in [7, 11) is 0. The second-order valence-electron chi connectivity index (χ2n) is 4.52. The van der Waals surface area contributed by atoms with Crippen LogP contribution in [0.1, 0.15) is 17.5 Å². The van der Waals surface area contributed by atoms with Gasteiger partial charge in [-0.25, -0.2) is 0 Å². The zero-order chi connectivity index (χ0) is 13.2. The fraction of sp³-hybridized carbons (Fsp3) is 0.385. The minimum absolute atomic E-state index is 0.215. The molecule has 3 N–H and O–H groups in total. The van der Waals surface area contributed by atoms with Crippen LogP contribution in [0, 0.1) is 18.3 Å². The van der Waals surface area contributed by atoms with Gasteiger partial charge < -0.3 is 15.8 Å². The molecule has 94 valence electrons. The predicted octanol–water partition coefficient (Wildman–Crippen LogP) is 0.923. The molecule has 1 aliphatic heterocycles. The molecule has 1 aromatic carbocycles. The highest BCUT2D eigenvalue weighted by Gasteiger charge is 2.38. The SMILES string of the molecule is Cc1cccc(NC(=O)C2(N)CCOC2)c1C#N. The van der Waals surface area contributed by atoms with Gasteiger partial charge in [0.25, 0.3) is 0 Å². The Morgan fingerprint density at radius 3 is 3.00 bits per heavy atom. The maximum absolute atomic E-state index is 12.1. The molecule has 18 heavy (non-hydrogen) atoms. The molecule has 0 aliphatic carbocycles. The van der Waals surface area contributed by atoms with E-state index in [-0.39, 0.29) is 12.5 Å². The first kappa shape index (κ1) is 12.6. The summed E-state index contributed by atoms with van der Waals surface area (Å²) in [5.41, 5.74) is 6.76. The van der Waals surface area contributed by atoms with Crippen LogP contribution in [-0.2, 0) is 9.53 Å². The Labute approximate surface area is 106 Å². The molecule has 0 saturated carbocycles. The zero-order valence-electron chi connectivity index (χ0n) is 10.2. The Bertz CT molecular complexity index is 513. The Kier molecular flexibility index (Phi) is 3.32. The van der Waals surface area contributed by atoms with Gasteiger partial charge in [0.1, 0.15) is 11.6 Å². The van der Waals surface area contributed by atoms with Gasteiger partial charge in [0.05, 0.1) is 17.9 Å². The molecule has 0 radical (unpaired) electrons. The van der Waals surface area contributed by atoms with Crippen LogP contribution in [0.2, 0.25) is 0 Å². The lowest BCUT2D eigenvalue weighted by molar-refractivity contribution is -0.121. The number of nitrogens with zero attached hydrogens (tertiary/aromatic N) is 1. The van der Waals surface area contributed by atoms with Crippen molar-refractivity contribution >= 4 is 11.6 Å². The van der Waals surface area contributed by atoms with E-state index in [4.69, 9.17) is 15.7 Å². The topological polar surface area (TPSA) is 88.1 Å². The molecule has 1 fully saturated rings. The van der Waals surface area contributed by atoms with Crippen molar-refractivity contribution in [1.29, 1.82) is 5.26 Å². The van der Waals surface area contributed by atoms with Gasteiger partial charge in [-0.3, -0.25) is 4.79 Å². The molecule has 1 saturated heterocycles. The number of ether oxygens (including phenoxy) is 1. The van der Waals surface area contributed by atoms with E-state index in [1.165, 1.54) is 0 Å². The molecule has 0 spiro atoms. The smallest absolute Gasteiger partial charge is 0.246 e. The van der Waals surface area contributed by atoms with Gasteiger partial charge in [-0.2, -0.15) is 5.26 Å². The van der Waals surface area contributed by atoms with Gasteiger partial charge in [0, 0.05) is 6.61 Å². The molecule has 5 heteroatoms. The van der Waals surface area contributed by atoms with Crippen LogP contribution >= 0.6 is 0 Å². The first-order chi connectivity index (χ1) is 8.57. The second kappa shape index (κ2) is 4.77. The summed E-state index contributed by atoms with van der Waals surface area (Å²) in [6, 6.07) is 7.40. The van der Waals surface area contributed by atoms with Crippen molar-refractivity contribution in [3.63, 3.8) is 0 Å². The van der Waals surface area contributed by atoms with Crippen LogP contribution in [0.3, 0.4) is 0 Å². The fourth-order valence-electron chi connectivity index (χ4n) is 1.93. The quantitative estimate of drug-likeness (QED) is 0.811. The van der Waals surface area contributed by atoms with E-state index in [1.807, 2.05) is 13.0 Å². The molecular weight excluding hydrogens is 230 g/mol. The van der Waals surface area contributed by atoms with Crippen molar-refractivity contribution in [2.75, 3.05) is 18.5 Å². The maximum atomic E-state index is 12.1. The highest BCUT2D eigenvalue weighted by Crippen LogP contribution is 2.22. The minimum atomic E-state index is -0.990. The Balaban J connectivity index is 2.22. The molecule has 1 heterocycles. The number of carbonyl (C=O) groups excluding carboxylic acids is 1. The average molecular weight is 245 g/mol. The number of nitrogens with two attached hydrogens (primary N) is 1. The van der Waals surface area contributed by atoms with Crippen LogP contribution < -0.4 is 11.1 Å². The van der Waals surface area contributed by atoms with Crippen molar-refractivity contribution in [3.05, 3.63) is 29.3 Å². The Hall–Kier alpha value is -1.90. The van der Waals surface area contributed by atoms with Crippen molar-refractivity contribution in [2.45, 2.75) is 18.9 Å². The van der Waals surface area contributed by atoms with E-state index in [1.54, 1.807) is 12.1 Å². The number of hydrogen-bond donors (Lipinski definition) is 2. The summed E-state index contributed by atoms with van der Waals surface area (Å²) in [6.07, 6.45) is 0.493. The van der Waals surface area contributed by atoms with Gasteiger partial charge in [0.2, 0.25) is 5.91 Å². The molecule has 1 aliphatic rings. The Morgan fingerprint density at radius 1 is 1.61 bits per heavy atom. The largest absolute Gasteiger partial charge is 0.379 e. The third-order valence-electron chi connectivity index (χ3n) is 3.14. The fourth-order valence-corrected chi connectivity index (χ4v) is 1.93. The van der Waals surface area contributed by atoms with E-state index in [9.17, 15) is 4.79 Å². The van der Waals surface area contributed by atoms with Crippen LogP contribution in [0.5, 0.6) is 0 Å². The normalized spacial score (nSPS) is 22.5. The van der Waals surface area contributed by atoms with Gasteiger partial charge in [0.15, 0.2) is 0 Å². The Morgan fingerprint density at radius 2 is 2.39 bits per heavy atom. The third-order valence-corrected chi connectivity index (χ3v) is 3.14. The average Bonchev–Trinajstić information content (AvgIpc) is 2.78. The van der Waals surface area contributed by atoms with E-state index in [2.05, 4.69) is 11.4 Å². The molecule has 0 aromatic heterocycles. The summed E-state index contributed by atoms with van der Waals surface area (Å²) in [6.45, 7) is 2.53. The standard InChI is InChI=1S/C13H15N3O2/c1-9-3-2-4-11(10(9)7-14)16-12(17)13(15)5-6-18-8-13/h2-4H,5-6,8,15H2,1H3,(H,16,17). The first-order valence-electron chi connectivity index (χ1n) is 5.74. The number of hydrogen-bond acceptors (Lipinski definition) is 4. The summed E-state index contributed by atoms with van der Waals surface area (Å²) >= 11 is 0. The van der Waals surface area contributed by atoms with E-state index in [0.717, 1.165) is 5.56 Å². The van der Waals surface area contributed by atoms with E-state index in [0.29, 0.717) is 24.3 Å². The summed E-state index contributed by atoms with van der Waals surface area (Å²) in [5.74, 6) is -0.304. The minimum Gasteiger partial charge on any atom is -0.379 e. The van der Waals surface area contributed by atoms with Gasteiger partial charge in [-0.1, -0.05) is 12.1 Å². The number of aryl methyl sites for hydroxylation is 1. The number of anilines is 1. The van der Waals surface area contributed by atoms with Gasteiger partial charge in [-0.05, 0) is 25.0 Å². The number of nitriles is 1. The van der Waals surface area contributed by atoms with Gasteiger partial charge >= 0.3 is 0 Å². The second-order valence-corrected chi connectivity index (χ2v) is 4.52. The number of amides is 1. The third kappa shape index (κ3) is 2.21. The number of carbonyl (C=O) groups is 1. The summed E-state index contributed by atoms with van der Waals surface area (Å²) < 4.78 is 5.15. The lowest BCUT2D eigenvalue weighted by atomic mass is 9.98. The van der Waals surface area contributed by atoms with Crippen LogP contribution in [0.15, 0.2) is 18.2 Å². The van der Waals surface area contributed by atoms with Crippen molar-refractivity contribution in [2.24, 2.45) is 5.73 Å². The molecule has 1 atom stereocenters. The highest BCUT2D eigenvalue weighted by atomic mass is 16.5. The highest BCUT2D eigenvalue weighted by molar-refractivity contribution is 5.99.